The number of methoxy groups -OCH3 is 1. The molecule has 3 rings (SSSR count). The summed E-state index contributed by atoms with van der Waals surface area (Å²) in [5.74, 6) is 0.656. The summed E-state index contributed by atoms with van der Waals surface area (Å²) < 4.78 is 5.15. The van der Waals surface area contributed by atoms with Crippen LogP contribution in [0.25, 0.3) is 10.9 Å². The van der Waals surface area contributed by atoms with E-state index in [1.165, 1.54) is 0 Å². The summed E-state index contributed by atoms with van der Waals surface area (Å²) in [7, 11) is 1.65. The molecule has 1 unspecified atom stereocenters. The van der Waals surface area contributed by atoms with Crippen LogP contribution in [0.1, 0.15) is 17.2 Å². The topological polar surface area (TPSA) is 48.8 Å². The lowest BCUT2D eigenvalue weighted by atomic mass is 9.97. The number of aromatic nitrogens is 1. The number of aromatic amines is 1. The SMILES string of the molecule is COc1ccc(CC(C#N)c2cc3ccccc3[nH]2)cc1. The highest BCUT2D eigenvalue weighted by molar-refractivity contribution is 5.80. The number of rotatable bonds is 4. The third-order valence-electron chi connectivity index (χ3n) is 3.68. The molecule has 3 aromatic rings. The Morgan fingerprint density at radius 2 is 1.90 bits per heavy atom. The average molecular weight is 276 g/mol. The summed E-state index contributed by atoms with van der Waals surface area (Å²) in [5.41, 5.74) is 3.16. The van der Waals surface area contributed by atoms with Crippen LogP contribution in [0.4, 0.5) is 0 Å². The van der Waals surface area contributed by atoms with Crippen molar-refractivity contribution in [3.8, 4) is 11.8 Å². The van der Waals surface area contributed by atoms with Gasteiger partial charge in [0, 0.05) is 11.2 Å². The lowest BCUT2D eigenvalue weighted by Crippen LogP contribution is -2.00. The molecule has 0 aliphatic rings. The molecule has 0 aliphatic carbocycles. The molecule has 0 radical (unpaired) electrons. The normalized spacial score (nSPS) is 12.0. The summed E-state index contributed by atoms with van der Waals surface area (Å²) in [6.07, 6.45) is 0.688. The molecular formula is C18H16N2O. The van der Waals surface area contributed by atoms with Crippen molar-refractivity contribution >= 4 is 10.9 Å². The van der Waals surface area contributed by atoms with Crippen molar-refractivity contribution in [3.63, 3.8) is 0 Å². The second kappa shape index (κ2) is 5.72. The zero-order valence-corrected chi connectivity index (χ0v) is 11.8. The van der Waals surface area contributed by atoms with E-state index in [4.69, 9.17) is 4.74 Å². The van der Waals surface area contributed by atoms with Crippen molar-refractivity contribution in [1.82, 2.24) is 4.98 Å². The van der Waals surface area contributed by atoms with Gasteiger partial charge in [0.05, 0.1) is 19.1 Å². The van der Waals surface area contributed by atoms with Gasteiger partial charge in [0.2, 0.25) is 0 Å². The van der Waals surface area contributed by atoms with E-state index in [9.17, 15) is 5.26 Å². The molecule has 0 spiro atoms. The molecule has 3 nitrogen and oxygen atoms in total. The van der Waals surface area contributed by atoms with Crippen LogP contribution in [0.15, 0.2) is 54.6 Å². The fourth-order valence-electron chi connectivity index (χ4n) is 2.51. The maximum atomic E-state index is 9.47. The van der Waals surface area contributed by atoms with Crippen LogP contribution in [-0.4, -0.2) is 12.1 Å². The summed E-state index contributed by atoms with van der Waals surface area (Å²) in [4.78, 5) is 3.34. The number of ether oxygens (including phenoxy) is 1. The molecule has 3 heteroatoms. The van der Waals surface area contributed by atoms with E-state index >= 15 is 0 Å². The van der Waals surface area contributed by atoms with E-state index in [0.29, 0.717) is 6.42 Å². The van der Waals surface area contributed by atoms with Crippen LogP contribution < -0.4 is 4.74 Å². The first-order chi connectivity index (χ1) is 10.3. The first-order valence-electron chi connectivity index (χ1n) is 6.90. The Kier molecular flexibility index (Phi) is 3.61. The minimum Gasteiger partial charge on any atom is -0.497 e. The number of hydrogen-bond acceptors (Lipinski definition) is 2. The molecule has 1 N–H and O–H groups in total. The van der Waals surface area contributed by atoms with Crippen LogP contribution in [0.5, 0.6) is 5.75 Å². The number of hydrogen-bond donors (Lipinski definition) is 1. The third-order valence-corrected chi connectivity index (χ3v) is 3.68. The van der Waals surface area contributed by atoms with Gasteiger partial charge in [0.1, 0.15) is 5.75 Å². The van der Waals surface area contributed by atoms with Gasteiger partial charge in [-0.15, -0.1) is 0 Å². The smallest absolute Gasteiger partial charge is 0.118 e. The molecule has 1 atom stereocenters. The van der Waals surface area contributed by atoms with Gasteiger partial charge < -0.3 is 9.72 Å². The average Bonchev–Trinajstić information content (AvgIpc) is 2.97. The maximum absolute atomic E-state index is 9.47. The van der Waals surface area contributed by atoms with Crippen LogP contribution in [0.2, 0.25) is 0 Å². The second-order valence-corrected chi connectivity index (χ2v) is 5.05. The van der Waals surface area contributed by atoms with Gasteiger partial charge in [-0.05, 0) is 41.6 Å². The molecule has 0 saturated carbocycles. The number of nitriles is 1. The second-order valence-electron chi connectivity index (χ2n) is 5.05. The molecule has 21 heavy (non-hydrogen) atoms. The predicted octanol–water partition coefficient (Wildman–Crippen LogP) is 4.03. The first kappa shape index (κ1) is 13.3. The molecule has 0 bridgehead atoms. The minimum absolute atomic E-state index is 0.175. The van der Waals surface area contributed by atoms with Gasteiger partial charge in [-0.1, -0.05) is 30.3 Å². The van der Waals surface area contributed by atoms with E-state index in [0.717, 1.165) is 27.9 Å². The largest absolute Gasteiger partial charge is 0.497 e. The Morgan fingerprint density at radius 3 is 2.57 bits per heavy atom. The number of H-pyrrole nitrogens is 1. The lowest BCUT2D eigenvalue weighted by molar-refractivity contribution is 0.414. The van der Waals surface area contributed by atoms with Crippen molar-refractivity contribution in [2.24, 2.45) is 0 Å². The number of para-hydroxylation sites is 1. The molecule has 0 fully saturated rings. The minimum atomic E-state index is -0.175. The predicted molar refractivity (Wildman–Crippen MR) is 83.4 cm³/mol. The molecule has 2 aromatic carbocycles. The molecular weight excluding hydrogens is 260 g/mol. The third kappa shape index (κ3) is 2.75. The zero-order valence-electron chi connectivity index (χ0n) is 11.8. The van der Waals surface area contributed by atoms with Crippen molar-refractivity contribution in [2.75, 3.05) is 7.11 Å². The van der Waals surface area contributed by atoms with Gasteiger partial charge >= 0.3 is 0 Å². The van der Waals surface area contributed by atoms with Gasteiger partial charge in [0.15, 0.2) is 0 Å². The van der Waals surface area contributed by atoms with Crippen LogP contribution in [0, 0.1) is 11.3 Å². The molecule has 0 saturated heterocycles. The number of nitrogens with zero attached hydrogens (tertiary/aromatic N) is 1. The standard InChI is InChI=1S/C18H16N2O/c1-21-16-8-6-13(7-9-16)10-15(12-19)18-11-14-4-2-3-5-17(14)20-18/h2-9,11,15,20H,10H2,1H3. The van der Waals surface area contributed by atoms with Gasteiger partial charge in [-0.25, -0.2) is 0 Å². The Labute approximate surface area is 123 Å². The quantitative estimate of drug-likeness (QED) is 0.782. The zero-order chi connectivity index (χ0) is 14.7. The highest BCUT2D eigenvalue weighted by Gasteiger charge is 2.14. The Hall–Kier alpha value is -2.73. The highest BCUT2D eigenvalue weighted by atomic mass is 16.5. The fourth-order valence-corrected chi connectivity index (χ4v) is 2.51. The number of nitrogens with one attached hydrogen (secondary N) is 1. The van der Waals surface area contributed by atoms with Crippen LogP contribution >= 0.6 is 0 Å². The van der Waals surface area contributed by atoms with Crippen molar-refractivity contribution in [2.45, 2.75) is 12.3 Å². The molecule has 1 aromatic heterocycles. The van der Waals surface area contributed by atoms with E-state index < -0.39 is 0 Å². The van der Waals surface area contributed by atoms with Crippen LogP contribution in [-0.2, 0) is 6.42 Å². The maximum Gasteiger partial charge on any atom is 0.118 e. The number of benzene rings is 2. The van der Waals surface area contributed by atoms with Crippen molar-refractivity contribution in [1.29, 1.82) is 5.26 Å². The van der Waals surface area contributed by atoms with E-state index in [1.807, 2.05) is 42.5 Å². The number of fused-ring (bicyclic) bond motifs is 1. The molecule has 104 valence electrons. The summed E-state index contributed by atoms with van der Waals surface area (Å²) >= 11 is 0. The lowest BCUT2D eigenvalue weighted by Gasteiger charge is -2.08. The Bertz CT molecular complexity index is 748. The van der Waals surface area contributed by atoms with Gasteiger partial charge in [0.25, 0.3) is 0 Å². The monoisotopic (exact) mass is 276 g/mol. The van der Waals surface area contributed by atoms with Crippen molar-refractivity contribution < 1.29 is 4.74 Å². The summed E-state index contributed by atoms with van der Waals surface area (Å²) in [5, 5.41) is 10.6. The van der Waals surface area contributed by atoms with Crippen molar-refractivity contribution in [3.05, 3.63) is 65.9 Å². The fraction of sp³-hybridized carbons (Fsp3) is 0.167. The van der Waals surface area contributed by atoms with E-state index in [-0.39, 0.29) is 5.92 Å². The molecule has 0 aliphatic heterocycles. The van der Waals surface area contributed by atoms with Crippen LogP contribution in [0.3, 0.4) is 0 Å². The summed E-state index contributed by atoms with van der Waals surface area (Å²) in [6, 6.07) is 20.4. The van der Waals surface area contributed by atoms with E-state index in [2.05, 4.69) is 23.2 Å². The highest BCUT2D eigenvalue weighted by Crippen LogP contribution is 2.24. The Balaban J connectivity index is 1.85. The Morgan fingerprint density at radius 1 is 1.14 bits per heavy atom. The first-order valence-corrected chi connectivity index (χ1v) is 6.90. The molecule has 1 heterocycles. The summed E-state index contributed by atoms with van der Waals surface area (Å²) in [6.45, 7) is 0. The molecule has 0 amide bonds. The van der Waals surface area contributed by atoms with Gasteiger partial charge in [-0.2, -0.15) is 5.26 Å². The van der Waals surface area contributed by atoms with E-state index in [1.54, 1.807) is 7.11 Å². The van der Waals surface area contributed by atoms with Gasteiger partial charge in [-0.3, -0.25) is 0 Å².